The highest BCUT2D eigenvalue weighted by molar-refractivity contribution is 6.54. The van der Waals surface area contributed by atoms with Gasteiger partial charge in [-0.05, 0) is 97.1 Å². The third kappa shape index (κ3) is 7.21. The molecule has 0 fully saturated rings. The number of hydrogen-bond donors (Lipinski definition) is 4. The molecule has 4 aromatic carbocycles. The maximum atomic E-state index is 11.2. The zero-order valence-corrected chi connectivity index (χ0v) is 35.9. The Morgan fingerprint density at radius 3 is 1.28 bits per heavy atom. The van der Waals surface area contributed by atoms with Gasteiger partial charge in [-0.2, -0.15) is 0 Å². The minimum Gasteiger partial charge on any atom is -0.506 e. The molecule has 5 heterocycles. The van der Waals surface area contributed by atoms with Gasteiger partial charge in [0, 0.05) is 44.5 Å². The molecule has 16 heteroatoms. The lowest BCUT2D eigenvalue weighted by molar-refractivity contribution is 0.475. The highest BCUT2D eigenvalue weighted by Crippen LogP contribution is 2.52. The van der Waals surface area contributed by atoms with Crippen molar-refractivity contribution in [2.45, 2.75) is 0 Å². The van der Waals surface area contributed by atoms with Crippen LogP contribution in [0.3, 0.4) is 0 Å². The molecule has 296 valence electrons. The molecule has 8 nitrogen and oxygen atoms in total. The lowest BCUT2D eigenvalue weighted by atomic mass is 9.85. The van der Waals surface area contributed by atoms with Crippen molar-refractivity contribution < 1.29 is 20.4 Å². The van der Waals surface area contributed by atoms with Crippen LogP contribution >= 0.6 is 92.8 Å². The van der Waals surface area contributed by atoms with E-state index in [0.29, 0.717) is 45.2 Å². The van der Waals surface area contributed by atoms with Gasteiger partial charge >= 0.3 is 0 Å². The third-order valence-electron chi connectivity index (χ3n) is 9.72. The number of aromatic hydroxyl groups is 4. The van der Waals surface area contributed by atoms with E-state index in [1.807, 2.05) is 24.3 Å². The summed E-state index contributed by atoms with van der Waals surface area (Å²) in [5, 5.41) is 44.7. The molecule has 0 atom stereocenters. The summed E-state index contributed by atoms with van der Waals surface area (Å²) in [7, 11) is 0. The molecule has 0 saturated carbocycles. The molecule has 0 unspecified atom stereocenters. The standard InChI is InChI=1S/C44H20Cl8N4O4/c45-27-13-31(49)36(57)9-22(27)23-7-21-6-19-2-1-17(53-19)5-18-3-4-20(54-18)8-35-40(24-10-37(58)32(50)14-28(24)46)41(25-11-38(59)33(51)15-29(25)47)44(56-35)42(43(23)55-21)26-12-39(60)34(52)16-30(26)48/h1-16,57-60H. The molecule has 60 heavy (non-hydrogen) atoms. The minimum atomic E-state index is -0.330. The second-order valence-corrected chi connectivity index (χ2v) is 16.8. The van der Waals surface area contributed by atoms with Gasteiger partial charge in [-0.1, -0.05) is 92.8 Å². The Morgan fingerprint density at radius 1 is 0.350 bits per heavy atom. The number of phenolic OH excluding ortho intramolecular Hbond substituents is 4. The van der Waals surface area contributed by atoms with E-state index < -0.39 is 0 Å². The predicted octanol–water partition coefficient (Wildman–Crippen LogP) is 13.7. The van der Waals surface area contributed by atoms with Gasteiger partial charge in [0.1, 0.15) is 23.0 Å². The number of benzene rings is 4. The fraction of sp³-hybridized carbons (Fsp3) is 0. The van der Waals surface area contributed by atoms with Gasteiger partial charge in [0.05, 0.1) is 85.8 Å². The Hall–Kier alpha value is -5.00. The average molecular weight is 952 g/mol. The molecule has 4 N–H and O–H groups in total. The summed E-state index contributed by atoms with van der Waals surface area (Å²) in [6.07, 6.45) is 14.3. The summed E-state index contributed by atoms with van der Waals surface area (Å²) in [5.41, 5.74) is 5.34. The third-order valence-corrected chi connectivity index (χ3v) is 12.2. The Kier molecular flexibility index (Phi) is 10.4. The number of nitrogens with zero attached hydrogens (tertiary/aromatic N) is 4. The lowest BCUT2D eigenvalue weighted by Crippen LogP contribution is -2.08. The Bertz CT molecular complexity index is 3110. The molecular weight excluding hydrogens is 932 g/mol. The van der Waals surface area contributed by atoms with Crippen LogP contribution in [-0.4, -0.2) is 43.3 Å². The molecular formula is C44H20Cl8N4O4. The van der Waals surface area contributed by atoms with Crippen LogP contribution in [0.4, 0.5) is 0 Å². The predicted molar refractivity (Wildman–Crippen MR) is 246 cm³/mol. The second-order valence-electron chi connectivity index (χ2n) is 13.6. The molecule has 8 bridgehead atoms. The summed E-state index contributed by atoms with van der Waals surface area (Å²) in [5.74, 6) is -1.21. The van der Waals surface area contributed by atoms with E-state index in [-0.39, 0.29) is 108 Å². The Labute approximate surface area is 381 Å². The van der Waals surface area contributed by atoms with Gasteiger partial charge in [0.2, 0.25) is 0 Å². The summed E-state index contributed by atoms with van der Waals surface area (Å²) < 4.78 is 0. The number of rotatable bonds is 4. The highest BCUT2D eigenvalue weighted by Gasteiger charge is 2.36. The van der Waals surface area contributed by atoms with Crippen molar-refractivity contribution in [3.63, 3.8) is 0 Å². The van der Waals surface area contributed by atoms with Crippen LogP contribution in [0.25, 0.3) is 22.3 Å². The summed E-state index contributed by atoms with van der Waals surface area (Å²) in [6.45, 7) is 0. The quantitative estimate of drug-likeness (QED) is 0.162. The first-order valence-electron chi connectivity index (χ1n) is 17.4. The zero-order valence-electron chi connectivity index (χ0n) is 29.8. The van der Waals surface area contributed by atoms with Crippen molar-refractivity contribution in [3.05, 3.63) is 182 Å². The van der Waals surface area contributed by atoms with Crippen LogP contribution in [0.1, 0.15) is 22.3 Å². The average Bonchev–Trinajstić information content (AvgIpc) is 4.00. The summed E-state index contributed by atoms with van der Waals surface area (Å²) >= 11 is 53.5. The van der Waals surface area contributed by atoms with Crippen molar-refractivity contribution in [2.75, 3.05) is 0 Å². The van der Waals surface area contributed by atoms with Crippen LogP contribution in [0.15, 0.2) is 140 Å². The first kappa shape index (κ1) is 40.4. The second kappa shape index (κ2) is 15.5. The summed E-state index contributed by atoms with van der Waals surface area (Å²) in [6, 6.07) is 11.0. The molecule has 0 aliphatic carbocycles. The summed E-state index contributed by atoms with van der Waals surface area (Å²) in [4.78, 5) is 20.0. The lowest BCUT2D eigenvalue weighted by Gasteiger charge is -2.20. The van der Waals surface area contributed by atoms with Gasteiger partial charge in [-0.25, -0.2) is 20.0 Å². The fourth-order valence-electron chi connectivity index (χ4n) is 7.06. The van der Waals surface area contributed by atoms with E-state index >= 15 is 0 Å². The Morgan fingerprint density at radius 2 is 0.767 bits per heavy atom. The molecule has 9 rings (SSSR count). The van der Waals surface area contributed by atoms with E-state index in [1.54, 1.807) is 24.3 Å². The Balaban J connectivity index is 1.51. The van der Waals surface area contributed by atoms with Crippen LogP contribution in [0.5, 0.6) is 23.0 Å². The maximum Gasteiger partial charge on any atom is 0.134 e. The normalized spacial score (nSPS) is 16.8. The minimum absolute atomic E-state index is 0.0102. The first-order valence-corrected chi connectivity index (χ1v) is 20.5. The van der Waals surface area contributed by atoms with Gasteiger partial charge in [0.15, 0.2) is 0 Å². The van der Waals surface area contributed by atoms with Gasteiger partial charge in [-0.15, -0.1) is 0 Å². The maximum absolute atomic E-state index is 11.2. The highest BCUT2D eigenvalue weighted by atomic mass is 35.5. The number of phenols is 4. The van der Waals surface area contributed by atoms with Crippen LogP contribution in [0, 0.1) is 0 Å². The van der Waals surface area contributed by atoms with Gasteiger partial charge in [-0.3, -0.25) is 0 Å². The monoisotopic (exact) mass is 948 g/mol. The smallest absolute Gasteiger partial charge is 0.134 e. The molecule has 0 aromatic heterocycles. The van der Waals surface area contributed by atoms with Crippen molar-refractivity contribution in [1.29, 1.82) is 0 Å². The van der Waals surface area contributed by atoms with Gasteiger partial charge in [0.25, 0.3) is 0 Å². The van der Waals surface area contributed by atoms with Gasteiger partial charge < -0.3 is 20.4 Å². The molecule has 5 aliphatic heterocycles. The van der Waals surface area contributed by atoms with Crippen molar-refractivity contribution in [2.24, 2.45) is 20.0 Å². The van der Waals surface area contributed by atoms with Crippen molar-refractivity contribution in [3.8, 4) is 23.0 Å². The van der Waals surface area contributed by atoms with Crippen molar-refractivity contribution >= 4 is 138 Å². The van der Waals surface area contributed by atoms with Crippen LogP contribution in [0.2, 0.25) is 40.2 Å². The molecule has 0 radical (unpaired) electrons. The van der Waals surface area contributed by atoms with E-state index in [0.717, 1.165) is 0 Å². The van der Waals surface area contributed by atoms with E-state index in [2.05, 4.69) is 0 Å². The van der Waals surface area contributed by atoms with E-state index in [4.69, 9.17) is 113 Å². The topological polar surface area (TPSA) is 130 Å². The van der Waals surface area contributed by atoms with Crippen molar-refractivity contribution in [1.82, 2.24) is 0 Å². The van der Waals surface area contributed by atoms with E-state index in [1.165, 1.54) is 48.5 Å². The van der Waals surface area contributed by atoms with Crippen LogP contribution < -0.4 is 0 Å². The van der Waals surface area contributed by atoms with Crippen LogP contribution in [-0.2, 0) is 0 Å². The number of aliphatic imine (C=N–C) groups is 4. The fourth-order valence-corrected chi connectivity index (χ4v) is 8.98. The number of fused-ring (bicyclic) bond motifs is 4. The SMILES string of the molecule is Oc1cc(C2=CC3=CC4=NC(=CC5=NC(=CC6=NC(=C(c7cc(O)c(Cl)cc7Cl)C2=N3)C(c2cc(O)c(Cl)cc2Cl)=C6c2cc(O)c(Cl)cc2Cl)C=C5)C=C4)c(Cl)cc1Cl. The molecule has 0 amide bonds. The molecule has 0 saturated heterocycles. The molecule has 4 aromatic rings. The first-order chi connectivity index (χ1) is 28.6. The number of hydrogen-bond acceptors (Lipinski definition) is 8. The number of allylic oxidation sites excluding steroid dienone is 12. The molecule has 5 aliphatic rings. The van der Waals surface area contributed by atoms with E-state index in [9.17, 15) is 20.4 Å². The zero-order chi connectivity index (χ0) is 42.3. The number of halogens is 8. The molecule has 0 spiro atoms. The largest absolute Gasteiger partial charge is 0.506 e.